The van der Waals surface area contributed by atoms with E-state index in [-0.39, 0.29) is 5.56 Å². The van der Waals surface area contributed by atoms with Crippen LogP contribution in [0.1, 0.15) is 15.9 Å². The van der Waals surface area contributed by atoms with Crippen molar-refractivity contribution in [1.82, 2.24) is 4.98 Å². The van der Waals surface area contributed by atoms with E-state index in [4.69, 9.17) is 4.74 Å². The second-order valence-corrected chi connectivity index (χ2v) is 4.51. The molecule has 0 bridgehead atoms. The van der Waals surface area contributed by atoms with Gasteiger partial charge in [-0.15, -0.1) is 0 Å². The maximum absolute atomic E-state index is 13.8. The van der Waals surface area contributed by atoms with Crippen LogP contribution >= 0.6 is 0 Å². The number of carbonyl (C=O) groups is 1. The number of benzene rings is 2. The third kappa shape index (κ3) is 2.07. The third-order valence-electron chi connectivity index (χ3n) is 3.32. The van der Waals surface area contributed by atoms with Crippen molar-refractivity contribution in [3.63, 3.8) is 0 Å². The van der Waals surface area contributed by atoms with Crippen LogP contribution in [0, 0.1) is 11.6 Å². The molecule has 1 heterocycles. The molecule has 3 aromatic rings. The summed E-state index contributed by atoms with van der Waals surface area (Å²) < 4.78 is 32.8. The van der Waals surface area contributed by atoms with Crippen molar-refractivity contribution in [3.8, 4) is 5.75 Å². The second-order valence-electron chi connectivity index (χ2n) is 4.51. The topological polar surface area (TPSA) is 42.1 Å². The van der Waals surface area contributed by atoms with E-state index in [1.54, 1.807) is 18.2 Å². The number of halogens is 2. The maximum atomic E-state index is 13.8. The summed E-state index contributed by atoms with van der Waals surface area (Å²) in [5.74, 6) is -2.02. The Morgan fingerprint density at radius 3 is 2.43 bits per heavy atom. The summed E-state index contributed by atoms with van der Waals surface area (Å²) in [6.07, 6.45) is 1.43. The zero-order chi connectivity index (χ0) is 15.0. The van der Waals surface area contributed by atoms with Gasteiger partial charge in [0.1, 0.15) is 17.4 Å². The molecule has 0 atom stereocenters. The molecule has 0 amide bonds. The first-order valence-electron chi connectivity index (χ1n) is 6.26. The van der Waals surface area contributed by atoms with E-state index in [0.717, 1.165) is 12.1 Å². The van der Waals surface area contributed by atoms with Gasteiger partial charge in [-0.1, -0.05) is 12.1 Å². The van der Waals surface area contributed by atoms with E-state index in [9.17, 15) is 13.6 Å². The molecule has 3 rings (SSSR count). The predicted molar refractivity (Wildman–Crippen MR) is 74.6 cm³/mol. The number of nitrogens with one attached hydrogen (secondary N) is 1. The number of hydrogen-bond donors (Lipinski definition) is 1. The molecule has 106 valence electrons. The van der Waals surface area contributed by atoms with Gasteiger partial charge in [-0.3, -0.25) is 4.79 Å². The lowest BCUT2D eigenvalue weighted by molar-refractivity contribution is 0.103. The summed E-state index contributed by atoms with van der Waals surface area (Å²) in [7, 11) is 1.47. The highest BCUT2D eigenvalue weighted by Gasteiger charge is 2.22. The number of hydrogen-bond acceptors (Lipinski definition) is 2. The number of aromatic amines is 1. The Labute approximate surface area is 119 Å². The summed E-state index contributed by atoms with van der Waals surface area (Å²) in [4.78, 5) is 15.4. The van der Waals surface area contributed by atoms with Crippen molar-refractivity contribution >= 4 is 16.7 Å². The van der Waals surface area contributed by atoms with Crippen molar-refractivity contribution in [2.45, 2.75) is 0 Å². The summed E-state index contributed by atoms with van der Waals surface area (Å²) in [6.45, 7) is 0. The van der Waals surface area contributed by atoms with E-state index in [2.05, 4.69) is 4.98 Å². The minimum absolute atomic E-state index is 0.173. The van der Waals surface area contributed by atoms with E-state index in [1.165, 1.54) is 19.4 Å². The van der Waals surface area contributed by atoms with Crippen LogP contribution in [0.25, 0.3) is 10.9 Å². The molecule has 0 spiro atoms. The largest absolute Gasteiger partial charge is 0.496 e. The smallest absolute Gasteiger partial charge is 0.201 e. The van der Waals surface area contributed by atoms with Crippen LogP contribution in [-0.4, -0.2) is 17.9 Å². The molecule has 0 fully saturated rings. The Bertz CT molecular complexity index is 819. The zero-order valence-electron chi connectivity index (χ0n) is 11.1. The molecule has 0 aliphatic carbocycles. The molecule has 5 heteroatoms. The fourth-order valence-corrected chi connectivity index (χ4v) is 2.35. The molecule has 0 unspecified atom stereocenters. The van der Waals surface area contributed by atoms with Gasteiger partial charge in [0, 0.05) is 11.7 Å². The molecule has 0 aliphatic rings. The predicted octanol–water partition coefficient (Wildman–Crippen LogP) is 3.69. The van der Waals surface area contributed by atoms with Gasteiger partial charge in [0.25, 0.3) is 0 Å². The highest BCUT2D eigenvalue weighted by atomic mass is 19.1. The molecule has 0 radical (unpaired) electrons. The van der Waals surface area contributed by atoms with E-state index >= 15 is 0 Å². The van der Waals surface area contributed by atoms with Crippen LogP contribution in [0.3, 0.4) is 0 Å². The Hall–Kier alpha value is -2.69. The fraction of sp³-hybridized carbons (Fsp3) is 0.0625. The van der Waals surface area contributed by atoms with Gasteiger partial charge < -0.3 is 9.72 Å². The van der Waals surface area contributed by atoms with Crippen LogP contribution < -0.4 is 4.74 Å². The minimum atomic E-state index is -0.885. The molecule has 1 aromatic heterocycles. The van der Waals surface area contributed by atoms with Crippen molar-refractivity contribution in [2.75, 3.05) is 7.11 Å². The summed E-state index contributed by atoms with van der Waals surface area (Å²) >= 11 is 0. The number of ketones is 1. The Kier molecular flexibility index (Phi) is 3.17. The molecule has 0 saturated heterocycles. The lowest BCUT2D eigenvalue weighted by Crippen LogP contribution is -2.07. The minimum Gasteiger partial charge on any atom is -0.496 e. The van der Waals surface area contributed by atoms with Crippen LogP contribution in [0.2, 0.25) is 0 Å². The summed E-state index contributed by atoms with van der Waals surface area (Å²) in [5, 5.41) is 0.507. The normalized spacial score (nSPS) is 10.8. The highest BCUT2D eigenvalue weighted by molar-refractivity contribution is 6.17. The number of methoxy groups -OCH3 is 1. The van der Waals surface area contributed by atoms with Gasteiger partial charge in [0.15, 0.2) is 0 Å². The Morgan fingerprint density at radius 1 is 1.10 bits per heavy atom. The van der Waals surface area contributed by atoms with Gasteiger partial charge in [-0.05, 0) is 24.3 Å². The molecular formula is C16H11F2NO2. The first-order valence-corrected chi connectivity index (χ1v) is 6.26. The van der Waals surface area contributed by atoms with Crippen LogP contribution in [0.4, 0.5) is 8.78 Å². The Balaban J connectivity index is 2.24. The highest BCUT2D eigenvalue weighted by Crippen LogP contribution is 2.30. The second kappa shape index (κ2) is 5.01. The molecular weight excluding hydrogens is 276 g/mol. The lowest BCUT2D eigenvalue weighted by atomic mass is 10.0. The van der Waals surface area contributed by atoms with Gasteiger partial charge in [0.2, 0.25) is 5.78 Å². The van der Waals surface area contributed by atoms with E-state index in [0.29, 0.717) is 16.7 Å². The number of H-pyrrole nitrogens is 1. The summed E-state index contributed by atoms with van der Waals surface area (Å²) in [6, 6.07) is 8.54. The standard InChI is InChI=1S/C16H11F2NO2/c1-21-13-7-3-6-12-14(13)9(8-19-12)16(20)15-10(17)4-2-5-11(15)18/h2-8,19H,1H3. The fourth-order valence-electron chi connectivity index (χ4n) is 2.35. The van der Waals surface area contributed by atoms with Gasteiger partial charge in [0.05, 0.1) is 23.6 Å². The average Bonchev–Trinajstić information content (AvgIpc) is 2.90. The van der Waals surface area contributed by atoms with Crippen molar-refractivity contribution in [1.29, 1.82) is 0 Å². The van der Waals surface area contributed by atoms with Gasteiger partial charge in [-0.25, -0.2) is 8.78 Å². The van der Waals surface area contributed by atoms with Gasteiger partial charge in [-0.2, -0.15) is 0 Å². The third-order valence-corrected chi connectivity index (χ3v) is 3.32. The maximum Gasteiger partial charge on any atom is 0.201 e. The molecule has 3 nitrogen and oxygen atoms in total. The number of rotatable bonds is 3. The molecule has 21 heavy (non-hydrogen) atoms. The molecule has 0 saturated carbocycles. The first-order chi connectivity index (χ1) is 10.1. The van der Waals surface area contributed by atoms with E-state index in [1.807, 2.05) is 0 Å². The number of fused-ring (bicyclic) bond motifs is 1. The number of ether oxygens (including phenoxy) is 1. The van der Waals surface area contributed by atoms with Gasteiger partial charge >= 0.3 is 0 Å². The Morgan fingerprint density at radius 2 is 1.76 bits per heavy atom. The van der Waals surface area contributed by atoms with E-state index < -0.39 is 23.0 Å². The molecule has 0 aliphatic heterocycles. The average molecular weight is 287 g/mol. The monoisotopic (exact) mass is 287 g/mol. The van der Waals surface area contributed by atoms with Crippen molar-refractivity contribution in [3.05, 3.63) is 65.4 Å². The van der Waals surface area contributed by atoms with Crippen molar-refractivity contribution < 1.29 is 18.3 Å². The molecule has 2 aromatic carbocycles. The van der Waals surface area contributed by atoms with Crippen LogP contribution in [0.15, 0.2) is 42.6 Å². The number of carbonyl (C=O) groups excluding carboxylic acids is 1. The first kappa shape index (κ1) is 13.3. The quantitative estimate of drug-likeness (QED) is 0.746. The SMILES string of the molecule is COc1cccc2[nH]cc(C(=O)c3c(F)cccc3F)c12. The van der Waals surface area contributed by atoms with Crippen molar-refractivity contribution in [2.24, 2.45) is 0 Å². The summed E-state index contributed by atoms with van der Waals surface area (Å²) in [5.41, 5.74) is 0.269. The molecule has 1 N–H and O–H groups in total. The van der Waals surface area contributed by atoms with Crippen LogP contribution in [0.5, 0.6) is 5.75 Å². The zero-order valence-corrected chi connectivity index (χ0v) is 11.1. The van der Waals surface area contributed by atoms with Crippen LogP contribution in [-0.2, 0) is 0 Å². The lowest BCUT2D eigenvalue weighted by Gasteiger charge is -2.06. The number of aromatic nitrogens is 1.